The van der Waals surface area contributed by atoms with Crippen LogP contribution in [0, 0.1) is 10.1 Å². The van der Waals surface area contributed by atoms with Crippen LogP contribution < -0.4 is 5.32 Å². The van der Waals surface area contributed by atoms with Crippen molar-refractivity contribution in [1.29, 1.82) is 0 Å². The third-order valence-corrected chi connectivity index (χ3v) is 4.11. The first-order valence-corrected chi connectivity index (χ1v) is 7.43. The molecule has 0 aliphatic carbocycles. The predicted octanol–water partition coefficient (Wildman–Crippen LogP) is 3.10. The number of nitro benzene ring substituents is 1. The SMILES string of the molecule is CCCCNc1ccc(S(=O)(=O)C(F)(F)F)cc1[N+](=O)[O-]. The van der Waals surface area contributed by atoms with Gasteiger partial charge in [-0.2, -0.15) is 13.2 Å². The highest BCUT2D eigenvalue weighted by atomic mass is 32.2. The first kappa shape index (κ1) is 17.2. The van der Waals surface area contributed by atoms with Gasteiger partial charge in [0.25, 0.3) is 15.5 Å². The van der Waals surface area contributed by atoms with Gasteiger partial charge in [-0.1, -0.05) is 13.3 Å². The minimum Gasteiger partial charge on any atom is -0.379 e. The second kappa shape index (κ2) is 6.29. The smallest absolute Gasteiger partial charge is 0.379 e. The van der Waals surface area contributed by atoms with Crippen molar-refractivity contribution in [2.24, 2.45) is 0 Å². The molecule has 10 heteroatoms. The molecule has 0 aromatic heterocycles. The molecule has 0 spiro atoms. The Bertz CT molecular complexity index is 629. The van der Waals surface area contributed by atoms with Crippen molar-refractivity contribution in [2.75, 3.05) is 11.9 Å². The van der Waals surface area contributed by atoms with Crippen LogP contribution >= 0.6 is 0 Å². The number of nitrogens with zero attached hydrogens (tertiary/aromatic N) is 1. The van der Waals surface area contributed by atoms with Gasteiger partial charge in [-0.15, -0.1) is 0 Å². The van der Waals surface area contributed by atoms with Gasteiger partial charge in [0.15, 0.2) is 0 Å². The Morgan fingerprint density at radius 3 is 2.43 bits per heavy atom. The molecule has 1 aromatic rings. The molecule has 0 bridgehead atoms. The lowest BCUT2D eigenvalue weighted by molar-refractivity contribution is -0.384. The molecule has 0 atom stereocenters. The molecular formula is C11H13F3N2O4S. The van der Waals surface area contributed by atoms with Crippen molar-refractivity contribution in [3.8, 4) is 0 Å². The summed E-state index contributed by atoms with van der Waals surface area (Å²) >= 11 is 0. The number of rotatable bonds is 6. The zero-order valence-corrected chi connectivity index (χ0v) is 11.8. The number of hydrogen-bond donors (Lipinski definition) is 1. The fourth-order valence-corrected chi connectivity index (χ4v) is 2.29. The van der Waals surface area contributed by atoms with E-state index in [1.165, 1.54) is 0 Å². The van der Waals surface area contributed by atoms with Crippen molar-refractivity contribution in [3.05, 3.63) is 28.3 Å². The van der Waals surface area contributed by atoms with Crippen LogP contribution in [0.3, 0.4) is 0 Å². The number of alkyl halides is 3. The highest BCUT2D eigenvalue weighted by Gasteiger charge is 2.47. The summed E-state index contributed by atoms with van der Waals surface area (Å²) in [6.07, 6.45) is 1.53. The summed E-state index contributed by atoms with van der Waals surface area (Å²) in [5.41, 5.74) is -6.23. The highest BCUT2D eigenvalue weighted by Crippen LogP contribution is 2.34. The average molecular weight is 326 g/mol. The molecule has 1 N–H and O–H groups in total. The van der Waals surface area contributed by atoms with Gasteiger partial charge < -0.3 is 5.32 Å². The summed E-state index contributed by atoms with van der Waals surface area (Å²) in [5.74, 6) is 0. The number of halogens is 3. The van der Waals surface area contributed by atoms with Crippen LogP contribution in [0.4, 0.5) is 24.5 Å². The number of nitro groups is 1. The van der Waals surface area contributed by atoms with Crippen LogP contribution in [0.25, 0.3) is 0 Å². The maximum absolute atomic E-state index is 12.4. The molecule has 0 saturated carbocycles. The molecule has 1 aromatic carbocycles. The van der Waals surface area contributed by atoms with E-state index < -0.39 is 30.9 Å². The predicted molar refractivity (Wildman–Crippen MR) is 69.7 cm³/mol. The standard InChI is InChI=1S/C11H13F3N2O4S/c1-2-3-6-15-9-5-4-8(7-10(9)16(17)18)21(19,20)11(12,13)14/h4-5,7,15H,2-3,6H2,1H3. The first-order valence-electron chi connectivity index (χ1n) is 5.95. The van der Waals surface area contributed by atoms with Gasteiger partial charge in [0.2, 0.25) is 0 Å². The molecule has 0 unspecified atom stereocenters. The number of nitrogens with one attached hydrogen (secondary N) is 1. The van der Waals surface area contributed by atoms with Gasteiger partial charge in [-0.3, -0.25) is 10.1 Å². The van der Waals surface area contributed by atoms with Gasteiger partial charge >= 0.3 is 5.51 Å². The van der Waals surface area contributed by atoms with E-state index in [0.717, 1.165) is 12.5 Å². The average Bonchev–Trinajstić information content (AvgIpc) is 2.37. The molecular weight excluding hydrogens is 313 g/mol. The monoisotopic (exact) mass is 326 g/mol. The Balaban J connectivity index is 3.24. The Hall–Kier alpha value is -1.84. The Morgan fingerprint density at radius 1 is 1.33 bits per heavy atom. The van der Waals surface area contributed by atoms with E-state index >= 15 is 0 Å². The molecule has 6 nitrogen and oxygen atoms in total. The molecule has 0 aliphatic rings. The topological polar surface area (TPSA) is 89.3 Å². The summed E-state index contributed by atoms with van der Waals surface area (Å²) in [7, 11) is -5.61. The van der Waals surface area contributed by atoms with Crippen LogP contribution in [0.1, 0.15) is 19.8 Å². The van der Waals surface area contributed by atoms with Gasteiger partial charge in [0.1, 0.15) is 5.69 Å². The molecule has 0 fully saturated rings. The third-order valence-electron chi connectivity index (χ3n) is 2.63. The van der Waals surface area contributed by atoms with E-state index in [0.29, 0.717) is 25.1 Å². The van der Waals surface area contributed by atoms with E-state index in [1.807, 2.05) is 6.92 Å². The molecule has 21 heavy (non-hydrogen) atoms. The molecule has 0 radical (unpaired) electrons. The minimum absolute atomic E-state index is 0.0189. The van der Waals surface area contributed by atoms with Crippen molar-refractivity contribution >= 4 is 21.2 Å². The summed E-state index contributed by atoms with van der Waals surface area (Å²) in [5, 5.41) is 13.6. The summed E-state index contributed by atoms with van der Waals surface area (Å²) in [6.45, 7) is 2.29. The summed E-state index contributed by atoms with van der Waals surface area (Å²) in [6, 6.07) is 2.08. The van der Waals surface area contributed by atoms with E-state index in [4.69, 9.17) is 0 Å². The largest absolute Gasteiger partial charge is 0.501 e. The highest BCUT2D eigenvalue weighted by molar-refractivity contribution is 7.92. The van der Waals surface area contributed by atoms with Crippen LogP contribution in [-0.2, 0) is 9.84 Å². The van der Waals surface area contributed by atoms with E-state index in [1.54, 1.807) is 0 Å². The minimum atomic E-state index is -5.61. The zero-order valence-electron chi connectivity index (χ0n) is 11.0. The lowest BCUT2D eigenvalue weighted by atomic mass is 10.2. The lowest BCUT2D eigenvalue weighted by Gasteiger charge is -2.10. The molecule has 0 aliphatic heterocycles. The summed E-state index contributed by atoms with van der Waals surface area (Å²) in [4.78, 5) is 8.80. The Kier molecular flexibility index (Phi) is 5.15. The van der Waals surface area contributed by atoms with Crippen LogP contribution in [-0.4, -0.2) is 25.4 Å². The third kappa shape index (κ3) is 3.84. The maximum atomic E-state index is 12.4. The molecule has 0 amide bonds. The fourth-order valence-electron chi connectivity index (χ4n) is 1.51. The lowest BCUT2D eigenvalue weighted by Crippen LogP contribution is -2.23. The van der Waals surface area contributed by atoms with Gasteiger partial charge in [0.05, 0.1) is 9.82 Å². The quantitative estimate of drug-likeness (QED) is 0.493. The Morgan fingerprint density at radius 2 is 1.95 bits per heavy atom. The van der Waals surface area contributed by atoms with E-state index in [2.05, 4.69) is 5.32 Å². The van der Waals surface area contributed by atoms with Crippen molar-refractivity contribution in [3.63, 3.8) is 0 Å². The van der Waals surface area contributed by atoms with Crippen molar-refractivity contribution < 1.29 is 26.5 Å². The second-order valence-electron chi connectivity index (χ2n) is 4.17. The number of unbranched alkanes of at least 4 members (excludes halogenated alkanes) is 1. The van der Waals surface area contributed by atoms with Gasteiger partial charge in [-0.25, -0.2) is 8.42 Å². The maximum Gasteiger partial charge on any atom is 0.501 e. The van der Waals surface area contributed by atoms with Gasteiger partial charge in [-0.05, 0) is 18.6 Å². The molecule has 0 saturated heterocycles. The van der Waals surface area contributed by atoms with Gasteiger partial charge in [0, 0.05) is 12.6 Å². The number of hydrogen-bond acceptors (Lipinski definition) is 5. The molecule has 1 rings (SSSR count). The van der Waals surface area contributed by atoms with Crippen LogP contribution in [0.15, 0.2) is 23.1 Å². The summed E-state index contributed by atoms with van der Waals surface area (Å²) < 4.78 is 59.7. The number of sulfone groups is 1. The van der Waals surface area contributed by atoms with E-state index in [-0.39, 0.29) is 5.69 Å². The Labute approximate surface area is 119 Å². The molecule has 118 valence electrons. The number of benzene rings is 1. The zero-order chi connectivity index (χ0) is 16.3. The van der Waals surface area contributed by atoms with Crippen molar-refractivity contribution in [2.45, 2.75) is 30.2 Å². The number of anilines is 1. The fraction of sp³-hybridized carbons (Fsp3) is 0.455. The normalized spacial score (nSPS) is 12.2. The second-order valence-corrected chi connectivity index (χ2v) is 6.11. The van der Waals surface area contributed by atoms with Crippen LogP contribution in [0.5, 0.6) is 0 Å². The van der Waals surface area contributed by atoms with Crippen molar-refractivity contribution in [1.82, 2.24) is 0 Å². The van der Waals surface area contributed by atoms with Crippen LogP contribution in [0.2, 0.25) is 0 Å². The first-order chi connectivity index (χ1) is 9.61. The van der Waals surface area contributed by atoms with E-state index in [9.17, 15) is 31.7 Å². The molecule has 0 heterocycles.